The number of anilines is 2. The van der Waals surface area contributed by atoms with Crippen LogP contribution in [0.1, 0.15) is 20.3 Å². The monoisotopic (exact) mass is 225 g/mol. The van der Waals surface area contributed by atoms with Gasteiger partial charge in [0.2, 0.25) is 5.91 Å². The van der Waals surface area contributed by atoms with Gasteiger partial charge in [-0.05, 0) is 26.0 Å². The van der Waals surface area contributed by atoms with E-state index in [4.69, 9.17) is 11.5 Å². The maximum Gasteiger partial charge on any atom is 0.219 e. The molecule has 0 fully saturated rings. The minimum Gasteiger partial charge on any atom is -0.395 e. The number of nitrogens with one attached hydrogen (secondary N) is 1. The van der Waals surface area contributed by atoms with Crippen molar-refractivity contribution in [3.63, 3.8) is 0 Å². The van der Waals surface area contributed by atoms with Crippen molar-refractivity contribution >= 4 is 17.3 Å². The van der Waals surface area contributed by atoms with Crippen LogP contribution in [0.15, 0.2) is 18.2 Å². The Labute approximate surface area is 93.8 Å². The fourth-order valence-corrected chi connectivity index (χ4v) is 1.49. The summed E-state index contributed by atoms with van der Waals surface area (Å²) in [4.78, 5) is 10.8. The number of hydrogen-bond donors (Lipinski definition) is 3. The third-order valence-electron chi connectivity index (χ3n) is 2.14. The molecule has 5 heteroatoms. The lowest BCUT2D eigenvalue weighted by Gasteiger charge is -2.27. The Balaban J connectivity index is 2.87. The van der Waals surface area contributed by atoms with Crippen LogP contribution in [-0.4, -0.2) is 11.4 Å². The molecule has 0 aliphatic carbocycles. The molecule has 4 nitrogen and oxygen atoms in total. The molecule has 16 heavy (non-hydrogen) atoms. The lowest BCUT2D eigenvalue weighted by Crippen LogP contribution is -2.36. The number of carbonyl (C=O) groups is 1. The number of nitrogens with two attached hydrogens (primary N) is 2. The second-order valence-electron chi connectivity index (χ2n) is 4.35. The van der Waals surface area contributed by atoms with E-state index in [2.05, 4.69) is 5.32 Å². The molecule has 0 aromatic heterocycles. The minimum absolute atomic E-state index is 0.0417. The molecule has 5 N–H and O–H groups in total. The Morgan fingerprint density at radius 1 is 1.50 bits per heavy atom. The number of primary amides is 1. The van der Waals surface area contributed by atoms with Crippen LogP contribution in [0.4, 0.5) is 15.8 Å². The first-order valence-corrected chi connectivity index (χ1v) is 4.92. The lowest BCUT2D eigenvalue weighted by atomic mass is 9.99. The molecule has 0 aliphatic heterocycles. The Hall–Kier alpha value is -1.78. The Kier molecular flexibility index (Phi) is 3.37. The van der Waals surface area contributed by atoms with Crippen molar-refractivity contribution < 1.29 is 9.18 Å². The summed E-state index contributed by atoms with van der Waals surface area (Å²) in [5.74, 6) is -0.910. The highest BCUT2D eigenvalue weighted by molar-refractivity contribution is 5.76. The predicted molar refractivity (Wildman–Crippen MR) is 62.3 cm³/mol. The SMILES string of the molecule is CC(C)(CC(N)=O)Nc1cccc(F)c1N. The van der Waals surface area contributed by atoms with E-state index in [9.17, 15) is 9.18 Å². The van der Waals surface area contributed by atoms with E-state index in [0.29, 0.717) is 5.69 Å². The molecular formula is C11H16FN3O. The van der Waals surface area contributed by atoms with Gasteiger partial charge >= 0.3 is 0 Å². The van der Waals surface area contributed by atoms with Crippen LogP contribution in [0.2, 0.25) is 0 Å². The van der Waals surface area contributed by atoms with E-state index >= 15 is 0 Å². The first-order chi connectivity index (χ1) is 7.32. The van der Waals surface area contributed by atoms with Crippen LogP contribution in [-0.2, 0) is 4.79 Å². The van der Waals surface area contributed by atoms with Crippen molar-refractivity contribution in [2.24, 2.45) is 5.73 Å². The van der Waals surface area contributed by atoms with Gasteiger partial charge in [-0.3, -0.25) is 4.79 Å². The van der Waals surface area contributed by atoms with E-state index in [1.807, 2.05) is 0 Å². The maximum absolute atomic E-state index is 13.2. The first-order valence-electron chi connectivity index (χ1n) is 4.92. The van der Waals surface area contributed by atoms with Crippen molar-refractivity contribution in [2.45, 2.75) is 25.8 Å². The summed E-state index contributed by atoms with van der Waals surface area (Å²) in [6.45, 7) is 3.59. The molecule has 0 spiro atoms. The molecule has 0 saturated heterocycles. The van der Waals surface area contributed by atoms with Gasteiger partial charge < -0.3 is 16.8 Å². The molecule has 1 aromatic rings. The largest absolute Gasteiger partial charge is 0.395 e. The summed E-state index contributed by atoms with van der Waals surface area (Å²) in [6, 6.07) is 4.48. The fraction of sp³-hybridized carbons (Fsp3) is 0.364. The van der Waals surface area contributed by atoms with Gasteiger partial charge in [0.05, 0.1) is 11.4 Å². The summed E-state index contributed by atoms with van der Waals surface area (Å²) in [6.07, 6.45) is 0.142. The van der Waals surface area contributed by atoms with Crippen molar-refractivity contribution in [3.8, 4) is 0 Å². The summed E-state index contributed by atoms with van der Waals surface area (Å²) >= 11 is 0. The fourth-order valence-electron chi connectivity index (χ4n) is 1.49. The molecule has 0 saturated carbocycles. The van der Waals surface area contributed by atoms with Crippen LogP contribution in [0, 0.1) is 5.82 Å². The molecular weight excluding hydrogens is 209 g/mol. The van der Waals surface area contributed by atoms with Gasteiger partial charge in [0, 0.05) is 12.0 Å². The number of hydrogen-bond acceptors (Lipinski definition) is 3. The number of para-hydroxylation sites is 1. The standard InChI is InChI=1S/C11H16FN3O/c1-11(2,6-9(13)16)15-8-5-3-4-7(12)10(8)14/h3-5,15H,6,14H2,1-2H3,(H2,13,16). The summed E-state index contributed by atoms with van der Waals surface area (Å²) < 4.78 is 13.2. The van der Waals surface area contributed by atoms with E-state index in [1.165, 1.54) is 6.07 Å². The quantitative estimate of drug-likeness (QED) is 0.679. The number of amides is 1. The summed E-state index contributed by atoms with van der Waals surface area (Å²) in [5.41, 5.74) is 10.6. The molecule has 0 atom stereocenters. The van der Waals surface area contributed by atoms with Crippen molar-refractivity contribution in [3.05, 3.63) is 24.0 Å². The highest BCUT2D eigenvalue weighted by Crippen LogP contribution is 2.25. The first kappa shape index (κ1) is 12.3. The van der Waals surface area contributed by atoms with Gasteiger partial charge in [-0.25, -0.2) is 4.39 Å². The average molecular weight is 225 g/mol. The van der Waals surface area contributed by atoms with Crippen molar-refractivity contribution in [2.75, 3.05) is 11.1 Å². The van der Waals surface area contributed by atoms with Gasteiger partial charge in [-0.15, -0.1) is 0 Å². The van der Waals surface area contributed by atoms with Crippen LogP contribution < -0.4 is 16.8 Å². The zero-order chi connectivity index (χ0) is 12.3. The molecule has 0 aliphatic rings. The Bertz CT molecular complexity index is 404. The Morgan fingerprint density at radius 3 is 2.69 bits per heavy atom. The molecule has 0 radical (unpaired) electrons. The van der Waals surface area contributed by atoms with Crippen LogP contribution >= 0.6 is 0 Å². The van der Waals surface area contributed by atoms with E-state index in [-0.39, 0.29) is 12.1 Å². The summed E-state index contributed by atoms with van der Waals surface area (Å²) in [7, 11) is 0. The number of nitrogen functional groups attached to an aromatic ring is 1. The molecule has 0 bridgehead atoms. The summed E-state index contributed by atoms with van der Waals surface area (Å²) in [5, 5.41) is 2.99. The Morgan fingerprint density at radius 2 is 2.12 bits per heavy atom. The van der Waals surface area contributed by atoms with Gasteiger partial charge in [-0.1, -0.05) is 6.07 Å². The van der Waals surface area contributed by atoms with Gasteiger partial charge in [0.1, 0.15) is 5.82 Å². The van der Waals surface area contributed by atoms with Crippen molar-refractivity contribution in [1.82, 2.24) is 0 Å². The van der Waals surface area contributed by atoms with Crippen LogP contribution in [0.5, 0.6) is 0 Å². The second kappa shape index (κ2) is 4.38. The normalized spacial score (nSPS) is 11.2. The highest BCUT2D eigenvalue weighted by atomic mass is 19.1. The van der Waals surface area contributed by atoms with Gasteiger partial charge in [0.15, 0.2) is 0 Å². The molecule has 0 heterocycles. The number of rotatable bonds is 4. The molecule has 1 rings (SSSR count). The van der Waals surface area contributed by atoms with Crippen LogP contribution in [0.25, 0.3) is 0 Å². The average Bonchev–Trinajstić information content (AvgIpc) is 2.10. The van der Waals surface area contributed by atoms with E-state index in [0.717, 1.165) is 0 Å². The molecule has 88 valence electrons. The number of halogens is 1. The number of carbonyl (C=O) groups excluding carboxylic acids is 1. The van der Waals surface area contributed by atoms with E-state index < -0.39 is 17.3 Å². The zero-order valence-electron chi connectivity index (χ0n) is 9.38. The van der Waals surface area contributed by atoms with Gasteiger partial charge in [-0.2, -0.15) is 0 Å². The van der Waals surface area contributed by atoms with Crippen molar-refractivity contribution in [1.29, 1.82) is 0 Å². The molecule has 0 unspecified atom stereocenters. The second-order valence-corrected chi connectivity index (χ2v) is 4.35. The van der Waals surface area contributed by atoms with Crippen LogP contribution in [0.3, 0.4) is 0 Å². The highest BCUT2D eigenvalue weighted by Gasteiger charge is 2.21. The minimum atomic E-state index is -0.562. The zero-order valence-corrected chi connectivity index (χ0v) is 9.38. The van der Waals surface area contributed by atoms with Gasteiger partial charge in [0.25, 0.3) is 0 Å². The topological polar surface area (TPSA) is 81.1 Å². The third-order valence-corrected chi connectivity index (χ3v) is 2.14. The maximum atomic E-state index is 13.2. The third kappa shape index (κ3) is 3.12. The molecule has 1 amide bonds. The smallest absolute Gasteiger partial charge is 0.219 e. The molecule has 1 aromatic carbocycles. The lowest BCUT2D eigenvalue weighted by molar-refractivity contribution is -0.118. The number of benzene rings is 1. The predicted octanol–water partition coefficient (Wildman–Crippen LogP) is 1.47. The van der Waals surface area contributed by atoms with E-state index in [1.54, 1.807) is 26.0 Å².